The van der Waals surface area contributed by atoms with Gasteiger partial charge in [0, 0.05) is 41.0 Å². The highest BCUT2D eigenvalue weighted by atomic mass is 35.5. The second kappa shape index (κ2) is 7.87. The van der Waals surface area contributed by atoms with E-state index >= 15 is 0 Å². The van der Waals surface area contributed by atoms with Gasteiger partial charge in [0.15, 0.2) is 0 Å². The molecule has 0 fully saturated rings. The van der Waals surface area contributed by atoms with Crippen LogP contribution >= 0.6 is 35.1 Å². The van der Waals surface area contributed by atoms with Crippen molar-refractivity contribution in [3.63, 3.8) is 0 Å². The Morgan fingerprint density at radius 2 is 2.00 bits per heavy atom. The third-order valence-corrected chi connectivity index (χ3v) is 5.22. The molecule has 2 aromatic rings. The largest absolute Gasteiger partial charge is 0.329 e. The summed E-state index contributed by atoms with van der Waals surface area (Å²) in [5.41, 5.74) is 4.05. The molecule has 4 nitrogen and oxygen atoms in total. The van der Waals surface area contributed by atoms with E-state index in [-0.39, 0.29) is 11.9 Å². The third kappa shape index (κ3) is 4.06. The molecule has 0 bridgehead atoms. The summed E-state index contributed by atoms with van der Waals surface area (Å²) < 4.78 is 2.68. The number of benzene rings is 2. The van der Waals surface area contributed by atoms with Crippen LogP contribution in [0.4, 0.5) is 10.5 Å². The van der Waals surface area contributed by atoms with Gasteiger partial charge >= 0.3 is 6.03 Å². The van der Waals surface area contributed by atoms with Crippen LogP contribution in [0, 0.1) is 0 Å². The molecule has 1 atom stereocenters. The number of carbonyl (C=O) groups excluding carboxylic acids is 1. The molecule has 2 aromatic carbocycles. The molecular formula is C18H19Cl2N3OS. The first kappa shape index (κ1) is 18.4. The van der Waals surface area contributed by atoms with Gasteiger partial charge in [-0.15, -0.1) is 0 Å². The van der Waals surface area contributed by atoms with Crippen LogP contribution < -0.4 is 10.0 Å². The van der Waals surface area contributed by atoms with Crippen LogP contribution in [0.15, 0.2) is 36.4 Å². The number of para-hydroxylation sites is 1. The van der Waals surface area contributed by atoms with Gasteiger partial charge in [-0.25, -0.2) is 4.79 Å². The number of hydrogen-bond acceptors (Lipinski definition) is 3. The van der Waals surface area contributed by atoms with E-state index in [1.165, 1.54) is 11.9 Å². The molecule has 132 valence electrons. The van der Waals surface area contributed by atoms with Gasteiger partial charge in [-0.2, -0.15) is 0 Å². The number of fused-ring (bicyclic) bond motifs is 1. The minimum absolute atomic E-state index is 0.0794. The molecule has 1 aliphatic rings. The number of urea groups is 1. The van der Waals surface area contributed by atoms with Crippen molar-refractivity contribution >= 4 is 46.9 Å². The summed E-state index contributed by atoms with van der Waals surface area (Å²) >= 11 is 14.0. The maximum atomic E-state index is 12.0. The van der Waals surface area contributed by atoms with E-state index in [0.29, 0.717) is 10.0 Å². The average molecular weight is 396 g/mol. The topological polar surface area (TPSA) is 44.4 Å². The van der Waals surface area contributed by atoms with Gasteiger partial charge in [-0.3, -0.25) is 4.72 Å². The van der Waals surface area contributed by atoms with Gasteiger partial charge in [0.25, 0.3) is 0 Å². The lowest BCUT2D eigenvalue weighted by Crippen LogP contribution is -2.32. The normalized spacial score (nSPS) is 17.0. The van der Waals surface area contributed by atoms with Crippen LogP contribution in [0.2, 0.25) is 10.0 Å². The summed E-state index contributed by atoms with van der Waals surface area (Å²) in [4.78, 5) is 14.2. The molecule has 0 radical (unpaired) electrons. The third-order valence-electron chi connectivity index (χ3n) is 4.27. The standard InChI is InChI=1S/C18H19Cl2N3OS/c1-23-9-14(13-7-11(19)8-16(20)15(13)10-23)12-5-3-4-6-17(12)21-18(24)22-25-2/h3-8,14H,9-10H2,1-2H3,(H2,21,22,24). The zero-order chi connectivity index (χ0) is 18.0. The Labute approximate surface area is 162 Å². The molecule has 0 aliphatic carbocycles. The lowest BCUT2D eigenvalue weighted by Gasteiger charge is -2.34. The van der Waals surface area contributed by atoms with Gasteiger partial charge in [0.2, 0.25) is 0 Å². The molecule has 2 amide bonds. The maximum absolute atomic E-state index is 12.0. The van der Waals surface area contributed by atoms with E-state index in [9.17, 15) is 4.79 Å². The molecule has 2 N–H and O–H groups in total. The molecule has 1 heterocycles. The fraction of sp³-hybridized carbons (Fsp3) is 0.278. The highest BCUT2D eigenvalue weighted by Crippen LogP contribution is 2.40. The van der Waals surface area contributed by atoms with Crippen molar-refractivity contribution in [2.75, 3.05) is 25.2 Å². The number of nitrogens with zero attached hydrogens (tertiary/aromatic N) is 1. The summed E-state index contributed by atoms with van der Waals surface area (Å²) in [6.07, 6.45) is 1.81. The Morgan fingerprint density at radius 3 is 2.76 bits per heavy atom. The van der Waals surface area contributed by atoms with Crippen LogP contribution in [-0.2, 0) is 6.54 Å². The first-order chi connectivity index (χ1) is 12.0. The summed E-state index contributed by atoms with van der Waals surface area (Å²) in [5.74, 6) is 0.0794. The zero-order valence-corrected chi connectivity index (χ0v) is 16.3. The van der Waals surface area contributed by atoms with E-state index in [0.717, 1.165) is 35.5 Å². The highest BCUT2D eigenvalue weighted by molar-refractivity contribution is 7.97. The molecule has 1 unspecified atom stereocenters. The minimum atomic E-state index is -0.242. The smallest absolute Gasteiger partial charge is 0.307 e. The predicted molar refractivity (Wildman–Crippen MR) is 107 cm³/mol. The zero-order valence-electron chi connectivity index (χ0n) is 14.0. The fourth-order valence-electron chi connectivity index (χ4n) is 3.27. The van der Waals surface area contributed by atoms with Crippen molar-refractivity contribution in [1.29, 1.82) is 0 Å². The van der Waals surface area contributed by atoms with Gasteiger partial charge in [0.05, 0.1) is 0 Å². The van der Waals surface area contributed by atoms with E-state index in [4.69, 9.17) is 23.2 Å². The monoisotopic (exact) mass is 395 g/mol. The summed E-state index contributed by atoms with van der Waals surface area (Å²) in [6.45, 7) is 1.61. The number of halogens is 2. The van der Waals surface area contributed by atoms with E-state index in [2.05, 4.69) is 22.0 Å². The Balaban J connectivity index is 2.05. The molecule has 0 saturated carbocycles. The van der Waals surface area contributed by atoms with Gasteiger partial charge in [0.1, 0.15) is 0 Å². The Morgan fingerprint density at radius 1 is 1.24 bits per heavy atom. The van der Waals surface area contributed by atoms with Crippen LogP contribution in [-0.4, -0.2) is 30.8 Å². The summed E-state index contributed by atoms with van der Waals surface area (Å²) in [7, 11) is 2.07. The van der Waals surface area contributed by atoms with E-state index in [1.807, 2.05) is 36.6 Å². The molecule has 1 aliphatic heterocycles. The second-order valence-electron chi connectivity index (χ2n) is 6.05. The summed E-state index contributed by atoms with van der Waals surface area (Å²) in [5, 5.41) is 4.24. The number of carbonyl (C=O) groups is 1. The number of rotatable bonds is 3. The fourth-order valence-corrected chi connectivity index (χ4v) is 4.07. The Kier molecular flexibility index (Phi) is 5.79. The second-order valence-corrected chi connectivity index (χ2v) is 7.51. The number of hydrogen-bond donors (Lipinski definition) is 2. The molecule has 25 heavy (non-hydrogen) atoms. The van der Waals surface area contributed by atoms with Crippen LogP contribution in [0.25, 0.3) is 0 Å². The number of nitrogens with one attached hydrogen (secondary N) is 2. The van der Waals surface area contributed by atoms with Crippen molar-refractivity contribution in [1.82, 2.24) is 9.62 Å². The maximum Gasteiger partial charge on any atom is 0.329 e. The molecule has 7 heteroatoms. The highest BCUT2D eigenvalue weighted by Gasteiger charge is 2.28. The van der Waals surface area contributed by atoms with Crippen molar-refractivity contribution in [2.24, 2.45) is 0 Å². The van der Waals surface area contributed by atoms with Crippen molar-refractivity contribution in [3.8, 4) is 0 Å². The van der Waals surface area contributed by atoms with Gasteiger partial charge in [-0.1, -0.05) is 53.3 Å². The SMILES string of the molecule is CSNC(=O)Nc1ccccc1C1CN(C)Cc2c(Cl)cc(Cl)cc21. The predicted octanol–water partition coefficient (Wildman–Crippen LogP) is 4.97. The first-order valence-electron chi connectivity index (χ1n) is 7.85. The molecule has 0 spiro atoms. The first-order valence-corrected chi connectivity index (χ1v) is 9.83. The average Bonchev–Trinajstić information content (AvgIpc) is 2.56. The summed E-state index contributed by atoms with van der Waals surface area (Å²) in [6, 6.07) is 11.4. The quantitative estimate of drug-likeness (QED) is 0.720. The lowest BCUT2D eigenvalue weighted by molar-refractivity contribution is 0.257. The Hall–Kier alpha value is -1.40. The Bertz CT molecular complexity index is 800. The number of anilines is 1. The van der Waals surface area contributed by atoms with E-state index < -0.39 is 0 Å². The van der Waals surface area contributed by atoms with Gasteiger partial charge < -0.3 is 10.2 Å². The van der Waals surface area contributed by atoms with Crippen LogP contribution in [0.1, 0.15) is 22.6 Å². The van der Waals surface area contributed by atoms with E-state index in [1.54, 1.807) is 6.07 Å². The number of amides is 2. The minimum Gasteiger partial charge on any atom is -0.307 e. The van der Waals surface area contributed by atoms with Crippen molar-refractivity contribution < 1.29 is 4.79 Å². The molecular weight excluding hydrogens is 377 g/mol. The lowest BCUT2D eigenvalue weighted by atomic mass is 9.84. The van der Waals surface area contributed by atoms with Crippen molar-refractivity contribution in [3.05, 3.63) is 63.1 Å². The van der Waals surface area contributed by atoms with Crippen LogP contribution in [0.3, 0.4) is 0 Å². The van der Waals surface area contributed by atoms with Crippen molar-refractivity contribution in [2.45, 2.75) is 12.5 Å². The molecule has 3 rings (SSSR count). The van der Waals surface area contributed by atoms with Gasteiger partial charge in [-0.05, 0) is 41.9 Å². The number of likely N-dealkylation sites (N-methyl/N-ethyl adjacent to an activating group) is 1. The van der Waals surface area contributed by atoms with Crippen LogP contribution in [0.5, 0.6) is 0 Å². The molecule has 0 saturated heterocycles. The molecule has 0 aromatic heterocycles.